The second-order valence-electron chi connectivity index (χ2n) is 7.59. The van der Waals surface area contributed by atoms with Crippen molar-refractivity contribution in [3.63, 3.8) is 0 Å². The molecule has 3 rings (SSSR count). The van der Waals surface area contributed by atoms with Gasteiger partial charge in [-0.1, -0.05) is 29.8 Å². The predicted octanol–water partition coefficient (Wildman–Crippen LogP) is 3.26. The first-order valence-electron chi connectivity index (χ1n) is 9.08. The van der Waals surface area contributed by atoms with Crippen LogP contribution in [0, 0.1) is 6.92 Å². The number of hydrogen-bond donors (Lipinski definition) is 3. The number of anilines is 2. The van der Waals surface area contributed by atoms with Crippen molar-refractivity contribution < 1.29 is 9.59 Å². The van der Waals surface area contributed by atoms with Gasteiger partial charge in [0.2, 0.25) is 5.91 Å². The first-order chi connectivity index (χ1) is 12.7. The highest BCUT2D eigenvalue weighted by molar-refractivity contribution is 6.00. The second-order valence-corrected chi connectivity index (χ2v) is 7.59. The van der Waals surface area contributed by atoms with Gasteiger partial charge in [-0.15, -0.1) is 0 Å². The van der Waals surface area contributed by atoms with Crippen molar-refractivity contribution in [1.82, 2.24) is 4.90 Å². The van der Waals surface area contributed by atoms with Gasteiger partial charge in [-0.25, -0.2) is 4.79 Å². The van der Waals surface area contributed by atoms with Crippen LogP contribution in [0.2, 0.25) is 0 Å². The fourth-order valence-electron chi connectivity index (χ4n) is 3.23. The van der Waals surface area contributed by atoms with Gasteiger partial charge in [-0.3, -0.25) is 4.79 Å². The van der Waals surface area contributed by atoms with Gasteiger partial charge < -0.3 is 21.3 Å². The maximum Gasteiger partial charge on any atom is 0.323 e. The topological polar surface area (TPSA) is 87.5 Å². The van der Waals surface area contributed by atoms with Crippen molar-refractivity contribution in [2.45, 2.75) is 39.3 Å². The minimum Gasteiger partial charge on any atom is -0.336 e. The molecule has 2 aromatic rings. The Balaban J connectivity index is 1.71. The summed E-state index contributed by atoms with van der Waals surface area (Å²) < 4.78 is 0. The first-order valence-corrected chi connectivity index (χ1v) is 9.08. The maximum atomic E-state index is 12.4. The lowest BCUT2D eigenvalue weighted by Gasteiger charge is -2.34. The highest BCUT2D eigenvalue weighted by Crippen LogP contribution is 2.27. The van der Waals surface area contributed by atoms with Crippen LogP contribution in [0.5, 0.6) is 0 Å². The lowest BCUT2D eigenvalue weighted by Crippen LogP contribution is -2.52. The van der Waals surface area contributed by atoms with E-state index in [1.165, 1.54) is 0 Å². The quantitative estimate of drug-likeness (QED) is 0.779. The Morgan fingerprint density at radius 2 is 1.78 bits per heavy atom. The zero-order valence-electron chi connectivity index (χ0n) is 16.0. The summed E-state index contributed by atoms with van der Waals surface area (Å²) in [5.74, 6) is -0.0661. The van der Waals surface area contributed by atoms with Gasteiger partial charge in [0.05, 0.1) is 5.54 Å². The predicted molar refractivity (Wildman–Crippen MR) is 108 cm³/mol. The fourth-order valence-corrected chi connectivity index (χ4v) is 3.23. The van der Waals surface area contributed by atoms with E-state index in [0.717, 1.165) is 28.1 Å². The summed E-state index contributed by atoms with van der Waals surface area (Å²) in [5, 5.41) is 5.77. The number of fused-ring (bicyclic) bond motifs is 1. The van der Waals surface area contributed by atoms with Crippen molar-refractivity contribution in [3.05, 3.63) is 59.2 Å². The summed E-state index contributed by atoms with van der Waals surface area (Å²) in [6.45, 7) is 6.53. The van der Waals surface area contributed by atoms with Gasteiger partial charge in [-0.2, -0.15) is 0 Å². The number of benzene rings is 2. The molecule has 0 radical (unpaired) electrons. The van der Waals surface area contributed by atoms with E-state index in [1.54, 1.807) is 18.7 Å². The minimum absolute atomic E-state index is 0.0661. The molecule has 142 valence electrons. The second kappa shape index (κ2) is 7.40. The average molecular weight is 366 g/mol. The molecule has 0 saturated carbocycles. The van der Waals surface area contributed by atoms with E-state index < -0.39 is 5.54 Å². The van der Waals surface area contributed by atoms with E-state index in [2.05, 4.69) is 10.6 Å². The molecule has 0 fully saturated rings. The molecule has 1 aliphatic heterocycles. The number of nitrogens with one attached hydrogen (secondary N) is 2. The lowest BCUT2D eigenvalue weighted by atomic mass is 9.95. The molecule has 0 aromatic heterocycles. The molecule has 3 amide bonds. The van der Waals surface area contributed by atoms with Gasteiger partial charge in [0.1, 0.15) is 0 Å². The van der Waals surface area contributed by atoms with Gasteiger partial charge in [-0.05, 0) is 56.5 Å². The number of rotatable bonds is 3. The summed E-state index contributed by atoms with van der Waals surface area (Å²) in [7, 11) is 0. The van der Waals surface area contributed by atoms with Crippen LogP contribution in [0.4, 0.5) is 16.2 Å². The molecule has 0 saturated heterocycles. The summed E-state index contributed by atoms with van der Waals surface area (Å²) in [5.41, 5.74) is 9.82. The normalized spacial score (nSPS) is 13.7. The third-order valence-electron chi connectivity index (χ3n) is 4.66. The highest BCUT2D eigenvalue weighted by atomic mass is 16.2. The molecule has 0 atom stereocenters. The molecule has 1 heterocycles. The number of carbonyl (C=O) groups excluding carboxylic acids is 2. The molecule has 0 unspecified atom stereocenters. The summed E-state index contributed by atoms with van der Waals surface area (Å²) in [6, 6.07) is 13.1. The summed E-state index contributed by atoms with van der Waals surface area (Å²) >= 11 is 0. The fraction of sp³-hybridized carbons (Fsp3) is 0.333. The van der Waals surface area contributed by atoms with Crippen LogP contribution in [0.25, 0.3) is 0 Å². The third-order valence-corrected chi connectivity index (χ3v) is 4.66. The Hall–Kier alpha value is -2.86. The molecule has 0 spiro atoms. The monoisotopic (exact) mass is 366 g/mol. The summed E-state index contributed by atoms with van der Waals surface area (Å²) in [6.07, 6.45) is 0.679. The molecule has 1 aliphatic rings. The van der Waals surface area contributed by atoms with E-state index in [9.17, 15) is 9.59 Å². The van der Waals surface area contributed by atoms with Gasteiger partial charge in [0.25, 0.3) is 0 Å². The third kappa shape index (κ3) is 4.46. The molecule has 6 heteroatoms. The summed E-state index contributed by atoms with van der Waals surface area (Å²) in [4.78, 5) is 26.6. The first kappa shape index (κ1) is 18.9. The van der Waals surface area contributed by atoms with E-state index in [4.69, 9.17) is 5.73 Å². The van der Waals surface area contributed by atoms with E-state index in [0.29, 0.717) is 19.5 Å². The minimum atomic E-state index is -0.888. The van der Waals surface area contributed by atoms with Crippen LogP contribution in [-0.4, -0.2) is 28.9 Å². The Kier molecular flexibility index (Phi) is 5.19. The number of carbonyl (C=O) groups is 2. The van der Waals surface area contributed by atoms with Crippen LogP contribution in [0.15, 0.2) is 42.5 Å². The van der Waals surface area contributed by atoms with Gasteiger partial charge in [0.15, 0.2) is 0 Å². The van der Waals surface area contributed by atoms with Crippen LogP contribution < -0.4 is 16.4 Å². The van der Waals surface area contributed by atoms with Crippen LogP contribution in [0.3, 0.4) is 0 Å². The van der Waals surface area contributed by atoms with Gasteiger partial charge in [0, 0.05) is 24.5 Å². The number of urea groups is 1. The number of nitrogens with zero attached hydrogens (tertiary/aromatic N) is 1. The molecule has 0 bridgehead atoms. The van der Waals surface area contributed by atoms with E-state index in [-0.39, 0.29) is 11.9 Å². The standard InChI is InChI=1S/C21H26N4O2/c1-14-7-9-16(10-8-14)23-20(27)24-18-6-4-5-15-13-25(12-11-17(15)18)19(26)21(2,3)22/h4-10H,11-13,22H2,1-3H3,(H2,23,24,27). The van der Waals surface area contributed by atoms with Crippen LogP contribution >= 0.6 is 0 Å². The zero-order chi connectivity index (χ0) is 19.6. The van der Waals surface area contributed by atoms with Crippen LogP contribution in [-0.2, 0) is 17.8 Å². The molecular formula is C21H26N4O2. The number of aryl methyl sites for hydroxylation is 1. The SMILES string of the molecule is Cc1ccc(NC(=O)Nc2cccc3c2CCN(C(=O)C(C)(C)N)C3)cc1. The Morgan fingerprint density at radius 3 is 2.44 bits per heavy atom. The van der Waals surface area contributed by atoms with Crippen molar-refractivity contribution in [2.75, 3.05) is 17.2 Å². The molecule has 0 aliphatic carbocycles. The Labute approximate surface area is 159 Å². The van der Waals surface area contributed by atoms with Crippen molar-refractivity contribution >= 4 is 23.3 Å². The molecule has 2 aromatic carbocycles. The lowest BCUT2D eigenvalue weighted by molar-refractivity contribution is -0.136. The van der Waals surface area contributed by atoms with Crippen molar-refractivity contribution in [1.29, 1.82) is 0 Å². The molecular weight excluding hydrogens is 340 g/mol. The average Bonchev–Trinajstić information content (AvgIpc) is 2.62. The number of amides is 3. The molecule has 27 heavy (non-hydrogen) atoms. The largest absolute Gasteiger partial charge is 0.336 e. The maximum absolute atomic E-state index is 12.4. The van der Waals surface area contributed by atoms with Crippen molar-refractivity contribution in [2.24, 2.45) is 5.73 Å². The van der Waals surface area contributed by atoms with Crippen molar-refractivity contribution in [3.8, 4) is 0 Å². The van der Waals surface area contributed by atoms with E-state index >= 15 is 0 Å². The Morgan fingerprint density at radius 1 is 1.07 bits per heavy atom. The number of hydrogen-bond acceptors (Lipinski definition) is 3. The van der Waals surface area contributed by atoms with E-state index in [1.807, 2.05) is 49.4 Å². The smallest absolute Gasteiger partial charge is 0.323 e. The van der Waals surface area contributed by atoms with Crippen LogP contribution in [0.1, 0.15) is 30.5 Å². The highest BCUT2D eigenvalue weighted by Gasteiger charge is 2.30. The number of nitrogens with two attached hydrogens (primary N) is 1. The zero-order valence-corrected chi connectivity index (χ0v) is 16.0. The molecule has 6 nitrogen and oxygen atoms in total. The Bertz CT molecular complexity index is 853. The van der Waals surface area contributed by atoms with Gasteiger partial charge >= 0.3 is 6.03 Å². The molecule has 4 N–H and O–H groups in total.